The average molecular weight is 381 g/mol. The van der Waals surface area contributed by atoms with E-state index in [4.69, 9.17) is 10.2 Å². The molecule has 4 rings (SSSR count). The summed E-state index contributed by atoms with van der Waals surface area (Å²) in [5.41, 5.74) is 1.64. The molecule has 0 amide bonds. The Morgan fingerprint density at radius 1 is 1.00 bits per heavy atom. The molecule has 3 nitrogen and oxygen atoms in total. The maximum absolute atomic E-state index is 12.1. The van der Waals surface area contributed by atoms with E-state index in [2.05, 4.69) is 30.6 Å². The second-order valence-electron chi connectivity index (χ2n) is 9.55. The van der Waals surface area contributed by atoms with Gasteiger partial charge in [0, 0.05) is 24.2 Å². The molecule has 0 aromatic carbocycles. The summed E-state index contributed by atoms with van der Waals surface area (Å²) in [6.45, 7) is 2.30. The summed E-state index contributed by atoms with van der Waals surface area (Å²) in [5, 5.41) is 18.3. The molecule has 0 bridgehead atoms. The molecular weight excluding hydrogens is 348 g/mol. The van der Waals surface area contributed by atoms with Gasteiger partial charge in [-0.2, -0.15) is 0 Å². The van der Waals surface area contributed by atoms with E-state index in [9.17, 15) is 4.79 Å². The van der Waals surface area contributed by atoms with Gasteiger partial charge in [-0.05, 0) is 74.2 Å². The molecular formula is C25H32O3. The maximum Gasteiger partial charge on any atom is 0.155 e. The Hall–Kier alpha value is -1.55. The number of aliphatic hydroxyl groups is 2. The molecule has 1 unspecified atom stereocenters. The van der Waals surface area contributed by atoms with E-state index in [-0.39, 0.29) is 29.8 Å². The second kappa shape index (κ2) is 7.70. The lowest BCUT2D eigenvalue weighted by atomic mass is 9.45. The van der Waals surface area contributed by atoms with Crippen molar-refractivity contribution in [1.82, 2.24) is 0 Å². The van der Waals surface area contributed by atoms with Crippen LogP contribution in [-0.2, 0) is 4.79 Å². The van der Waals surface area contributed by atoms with E-state index >= 15 is 0 Å². The zero-order chi connectivity index (χ0) is 19.8. The predicted molar refractivity (Wildman–Crippen MR) is 109 cm³/mol. The SMILES string of the molecule is C[C@]12CC[C@@H]3[C@@H](CCC4=CC(=O)CC[C@@]43CC#CCO)[C@@H]1CCC2C#CCO. The van der Waals surface area contributed by atoms with Crippen molar-refractivity contribution in [2.45, 2.75) is 64.7 Å². The van der Waals surface area contributed by atoms with Crippen molar-refractivity contribution in [2.24, 2.45) is 34.5 Å². The summed E-state index contributed by atoms with van der Waals surface area (Å²) in [4.78, 5) is 12.1. The number of aliphatic hydroxyl groups excluding tert-OH is 2. The summed E-state index contributed by atoms with van der Waals surface area (Å²) < 4.78 is 0. The number of hydrogen-bond donors (Lipinski definition) is 2. The number of ketones is 1. The van der Waals surface area contributed by atoms with Gasteiger partial charge in [-0.1, -0.05) is 36.2 Å². The minimum Gasteiger partial charge on any atom is -0.384 e. The van der Waals surface area contributed by atoms with E-state index in [1.807, 2.05) is 6.08 Å². The van der Waals surface area contributed by atoms with Crippen molar-refractivity contribution in [1.29, 1.82) is 0 Å². The fourth-order valence-electron chi connectivity index (χ4n) is 7.38. The zero-order valence-electron chi connectivity index (χ0n) is 17.0. The van der Waals surface area contributed by atoms with E-state index in [1.54, 1.807) is 0 Å². The molecule has 0 heterocycles. The van der Waals surface area contributed by atoms with Gasteiger partial charge in [0.15, 0.2) is 5.78 Å². The second-order valence-corrected chi connectivity index (χ2v) is 9.55. The van der Waals surface area contributed by atoms with Crippen LogP contribution in [0.4, 0.5) is 0 Å². The van der Waals surface area contributed by atoms with Gasteiger partial charge in [0.25, 0.3) is 0 Å². The third-order valence-corrected chi connectivity index (χ3v) is 8.65. The van der Waals surface area contributed by atoms with Gasteiger partial charge in [-0.25, -0.2) is 0 Å². The molecule has 150 valence electrons. The highest BCUT2D eigenvalue weighted by molar-refractivity contribution is 5.91. The summed E-state index contributed by atoms with van der Waals surface area (Å²) in [6, 6.07) is 0. The number of allylic oxidation sites excluding steroid dienone is 1. The fraction of sp³-hybridized carbons (Fsp3) is 0.720. The molecule has 0 saturated heterocycles. The van der Waals surface area contributed by atoms with E-state index in [0.29, 0.717) is 30.1 Å². The normalized spacial score (nSPS) is 41.4. The first-order valence-corrected chi connectivity index (χ1v) is 10.9. The summed E-state index contributed by atoms with van der Waals surface area (Å²) >= 11 is 0. The van der Waals surface area contributed by atoms with Crippen LogP contribution in [0, 0.1) is 58.2 Å². The van der Waals surface area contributed by atoms with Crippen molar-refractivity contribution in [3.63, 3.8) is 0 Å². The summed E-state index contributed by atoms with van der Waals surface area (Å²) in [7, 11) is 0. The van der Waals surface area contributed by atoms with Crippen LogP contribution in [0.5, 0.6) is 0 Å². The first-order valence-electron chi connectivity index (χ1n) is 10.9. The van der Waals surface area contributed by atoms with Crippen LogP contribution in [-0.4, -0.2) is 29.2 Å². The first-order chi connectivity index (χ1) is 13.5. The highest BCUT2D eigenvalue weighted by atomic mass is 16.3. The fourth-order valence-corrected chi connectivity index (χ4v) is 7.38. The predicted octanol–water partition coefficient (Wildman–Crippen LogP) is 3.50. The molecule has 6 atom stereocenters. The zero-order valence-corrected chi connectivity index (χ0v) is 17.0. The van der Waals surface area contributed by atoms with Crippen molar-refractivity contribution < 1.29 is 15.0 Å². The smallest absolute Gasteiger partial charge is 0.155 e. The van der Waals surface area contributed by atoms with Crippen molar-refractivity contribution >= 4 is 5.78 Å². The Morgan fingerprint density at radius 2 is 1.82 bits per heavy atom. The quantitative estimate of drug-likeness (QED) is 0.685. The molecule has 3 heteroatoms. The van der Waals surface area contributed by atoms with Crippen LogP contribution in [0.25, 0.3) is 0 Å². The van der Waals surface area contributed by atoms with E-state index in [1.165, 1.54) is 31.3 Å². The van der Waals surface area contributed by atoms with Crippen LogP contribution in [0.2, 0.25) is 0 Å². The molecule has 4 aliphatic carbocycles. The molecule has 0 spiro atoms. The Bertz CT molecular complexity index is 788. The topological polar surface area (TPSA) is 57.5 Å². The molecule has 0 radical (unpaired) electrons. The molecule has 28 heavy (non-hydrogen) atoms. The van der Waals surface area contributed by atoms with Gasteiger partial charge in [-0.15, -0.1) is 0 Å². The van der Waals surface area contributed by atoms with Gasteiger partial charge in [0.1, 0.15) is 13.2 Å². The number of hydrogen-bond acceptors (Lipinski definition) is 3. The van der Waals surface area contributed by atoms with Gasteiger partial charge in [0.2, 0.25) is 0 Å². The lowest BCUT2D eigenvalue weighted by Crippen LogP contribution is -2.51. The molecule has 2 N–H and O–H groups in total. The summed E-state index contributed by atoms with van der Waals surface area (Å²) in [5.74, 6) is 15.1. The first kappa shape index (κ1) is 19.8. The third-order valence-electron chi connectivity index (χ3n) is 8.65. The van der Waals surface area contributed by atoms with Crippen LogP contribution < -0.4 is 0 Å². The Labute approximate surface area is 169 Å². The molecule has 4 aliphatic rings. The van der Waals surface area contributed by atoms with Crippen molar-refractivity contribution in [3.8, 4) is 23.7 Å². The average Bonchev–Trinajstić information content (AvgIpc) is 3.03. The number of rotatable bonds is 1. The molecule has 3 fully saturated rings. The molecule has 0 aromatic heterocycles. The summed E-state index contributed by atoms with van der Waals surface area (Å²) in [6.07, 6.45) is 11.2. The van der Waals surface area contributed by atoms with Gasteiger partial charge in [-0.3, -0.25) is 4.79 Å². The van der Waals surface area contributed by atoms with E-state index in [0.717, 1.165) is 25.7 Å². The largest absolute Gasteiger partial charge is 0.384 e. The highest BCUT2D eigenvalue weighted by Gasteiger charge is 2.59. The third kappa shape index (κ3) is 3.04. The maximum atomic E-state index is 12.1. The lowest BCUT2D eigenvalue weighted by Gasteiger charge is -2.58. The van der Waals surface area contributed by atoms with Gasteiger partial charge >= 0.3 is 0 Å². The highest BCUT2D eigenvalue weighted by Crippen LogP contribution is 2.67. The minimum absolute atomic E-state index is 0.0369. The van der Waals surface area contributed by atoms with Crippen LogP contribution in [0.15, 0.2) is 11.6 Å². The van der Waals surface area contributed by atoms with Crippen LogP contribution in [0.1, 0.15) is 64.7 Å². The number of carbonyl (C=O) groups excluding carboxylic acids is 1. The Kier molecular flexibility index (Phi) is 5.43. The number of fused-ring (bicyclic) bond motifs is 5. The number of carbonyl (C=O) groups is 1. The standard InChI is InChI=1S/C25H32O3/c1-24-13-11-23-21(22(24)9-7-18(24)5-4-16-27)8-6-19-17-20(28)10-14-25(19,23)12-2-3-15-26/h17-18,21-23,26-27H,6-16H2,1H3/t18?,21-,22-,23+,24+,25-/m0/s1. The van der Waals surface area contributed by atoms with Crippen LogP contribution >= 0.6 is 0 Å². The Balaban J connectivity index is 1.67. The van der Waals surface area contributed by atoms with Crippen molar-refractivity contribution in [2.75, 3.05) is 13.2 Å². The van der Waals surface area contributed by atoms with Gasteiger partial charge < -0.3 is 10.2 Å². The molecule has 0 aliphatic heterocycles. The van der Waals surface area contributed by atoms with Gasteiger partial charge in [0.05, 0.1) is 0 Å². The van der Waals surface area contributed by atoms with Crippen molar-refractivity contribution in [3.05, 3.63) is 11.6 Å². The Morgan fingerprint density at radius 3 is 2.61 bits per heavy atom. The van der Waals surface area contributed by atoms with E-state index < -0.39 is 0 Å². The monoisotopic (exact) mass is 380 g/mol. The van der Waals surface area contributed by atoms with Crippen LogP contribution in [0.3, 0.4) is 0 Å². The molecule has 3 saturated carbocycles. The minimum atomic E-state index is -0.0892. The molecule has 0 aromatic rings. The lowest BCUT2D eigenvalue weighted by molar-refractivity contribution is -0.117.